The predicted molar refractivity (Wildman–Crippen MR) is 78.6 cm³/mol. The largest absolute Gasteiger partial charge is 0.266 e. The SMILES string of the molecule is Cc1cccc(N(Cc2ccccc2)S(C)(=O)=O)c1. The monoisotopic (exact) mass is 275 g/mol. The van der Waals surface area contributed by atoms with E-state index in [1.54, 1.807) is 0 Å². The van der Waals surface area contributed by atoms with Crippen molar-refractivity contribution in [2.24, 2.45) is 0 Å². The number of anilines is 1. The fourth-order valence-electron chi connectivity index (χ4n) is 1.93. The maximum Gasteiger partial charge on any atom is 0.232 e. The summed E-state index contributed by atoms with van der Waals surface area (Å²) in [6.07, 6.45) is 1.23. The van der Waals surface area contributed by atoms with Gasteiger partial charge in [0.2, 0.25) is 10.0 Å². The Morgan fingerprint density at radius 2 is 1.68 bits per heavy atom. The fraction of sp³-hybridized carbons (Fsp3) is 0.200. The van der Waals surface area contributed by atoms with Crippen LogP contribution in [-0.2, 0) is 16.6 Å². The molecule has 0 heterocycles. The third-order valence-electron chi connectivity index (χ3n) is 2.86. The van der Waals surface area contributed by atoms with E-state index in [1.807, 2.05) is 61.5 Å². The average molecular weight is 275 g/mol. The molecule has 0 aliphatic heterocycles. The van der Waals surface area contributed by atoms with E-state index in [0.29, 0.717) is 12.2 Å². The highest BCUT2D eigenvalue weighted by Crippen LogP contribution is 2.21. The van der Waals surface area contributed by atoms with E-state index >= 15 is 0 Å². The maximum atomic E-state index is 12.0. The summed E-state index contributed by atoms with van der Waals surface area (Å²) in [5.74, 6) is 0. The van der Waals surface area contributed by atoms with E-state index in [-0.39, 0.29) is 0 Å². The third-order valence-corrected chi connectivity index (χ3v) is 4.00. The van der Waals surface area contributed by atoms with Crippen LogP contribution in [0.25, 0.3) is 0 Å². The summed E-state index contributed by atoms with van der Waals surface area (Å²) in [5.41, 5.74) is 2.71. The van der Waals surface area contributed by atoms with Crippen molar-refractivity contribution in [3.63, 3.8) is 0 Å². The highest BCUT2D eigenvalue weighted by Gasteiger charge is 2.17. The molecule has 0 aromatic heterocycles. The van der Waals surface area contributed by atoms with Gasteiger partial charge in [-0.05, 0) is 30.2 Å². The summed E-state index contributed by atoms with van der Waals surface area (Å²) in [4.78, 5) is 0. The minimum atomic E-state index is -3.30. The van der Waals surface area contributed by atoms with Gasteiger partial charge in [-0.15, -0.1) is 0 Å². The lowest BCUT2D eigenvalue weighted by Crippen LogP contribution is -2.29. The van der Waals surface area contributed by atoms with Gasteiger partial charge in [-0.3, -0.25) is 4.31 Å². The maximum absolute atomic E-state index is 12.0. The zero-order valence-electron chi connectivity index (χ0n) is 11.1. The molecule has 0 aliphatic rings. The Hall–Kier alpha value is -1.81. The molecule has 0 N–H and O–H groups in total. The van der Waals surface area contributed by atoms with Gasteiger partial charge in [-0.1, -0.05) is 42.5 Å². The van der Waals surface area contributed by atoms with Gasteiger partial charge in [0.25, 0.3) is 0 Å². The number of aryl methyl sites for hydroxylation is 1. The second-order valence-corrected chi connectivity index (χ2v) is 6.50. The highest BCUT2D eigenvalue weighted by atomic mass is 32.2. The number of benzene rings is 2. The van der Waals surface area contributed by atoms with Crippen molar-refractivity contribution in [2.75, 3.05) is 10.6 Å². The van der Waals surface area contributed by atoms with Crippen LogP contribution in [0.15, 0.2) is 54.6 Å². The first kappa shape index (κ1) is 13.6. The molecule has 0 amide bonds. The lowest BCUT2D eigenvalue weighted by atomic mass is 10.2. The number of sulfonamides is 1. The van der Waals surface area contributed by atoms with Gasteiger partial charge in [-0.2, -0.15) is 0 Å². The minimum absolute atomic E-state index is 0.350. The fourth-order valence-corrected chi connectivity index (χ4v) is 2.81. The molecule has 100 valence electrons. The molecule has 4 heteroatoms. The first-order valence-electron chi connectivity index (χ1n) is 6.05. The zero-order chi connectivity index (χ0) is 13.9. The summed E-state index contributed by atoms with van der Waals surface area (Å²) in [7, 11) is -3.30. The third kappa shape index (κ3) is 3.58. The Morgan fingerprint density at radius 3 is 2.26 bits per heavy atom. The topological polar surface area (TPSA) is 37.4 Å². The van der Waals surface area contributed by atoms with Crippen molar-refractivity contribution in [3.05, 3.63) is 65.7 Å². The molecule has 0 unspecified atom stereocenters. The molecule has 3 nitrogen and oxygen atoms in total. The van der Waals surface area contributed by atoms with Crippen LogP contribution in [0.2, 0.25) is 0 Å². The van der Waals surface area contributed by atoms with Crippen LogP contribution in [0.5, 0.6) is 0 Å². The molecule has 0 spiro atoms. The minimum Gasteiger partial charge on any atom is -0.266 e. The summed E-state index contributed by atoms with van der Waals surface area (Å²) >= 11 is 0. The average Bonchev–Trinajstić information content (AvgIpc) is 2.36. The van der Waals surface area contributed by atoms with Crippen LogP contribution >= 0.6 is 0 Å². The summed E-state index contributed by atoms with van der Waals surface area (Å²) < 4.78 is 25.4. The smallest absolute Gasteiger partial charge is 0.232 e. The van der Waals surface area contributed by atoms with Crippen LogP contribution in [0.1, 0.15) is 11.1 Å². The first-order valence-corrected chi connectivity index (χ1v) is 7.90. The Bertz CT molecular complexity index is 651. The number of nitrogens with zero attached hydrogens (tertiary/aromatic N) is 1. The van der Waals surface area contributed by atoms with Crippen molar-refractivity contribution >= 4 is 15.7 Å². The van der Waals surface area contributed by atoms with Gasteiger partial charge >= 0.3 is 0 Å². The van der Waals surface area contributed by atoms with E-state index in [0.717, 1.165) is 11.1 Å². The lowest BCUT2D eigenvalue weighted by Gasteiger charge is -2.22. The lowest BCUT2D eigenvalue weighted by molar-refractivity contribution is 0.596. The van der Waals surface area contributed by atoms with Crippen molar-refractivity contribution in [1.82, 2.24) is 0 Å². The van der Waals surface area contributed by atoms with Crippen LogP contribution in [0, 0.1) is 6.92 Å². The molecule has 2 aromatic carbocycles. The second-order valence-electron chi connectivity index (χ2n) is 4.59. The van der Waals surface area contributed by atoms with Gasteiger partial charge in [0, 0.05) is 0 Å². The summed E-state index contributed by atoms with van der Waals surface area (Å²) in [5, 5.41) is 0. The summed E-state index contributed by atoms with van der Waals surface area (Å²) in [6, 6.07) is 17.1. The van der Waals surface area contributed by atoms with Crippen molar-refractivity contribution < 1.29 is 8.42 Å². The summed E-state index contributed by atoms with van der Waals surface area (Å²) in [6.45, 7) is 2.30. The van der Waals surface area contributed by atoms with E-state index in [4.69, 9.17) is 0 Å². The number of rotatable bonds is 4. The van der Waals surface area contributed by atoms with E-state index in [9.17, 15) is 8.42 Å². The molecule has 2 rings (SSSR count). The molecule has 2 aromatic rings. The molecule has 0 atom stereocenters. The Kier molecular flexibility index (Phi) is 3.90. The van der Waals surface area contributed by atoms with Crippen molar-refractivity contribution in [2.45, 2.75) is 13.5 Å². The predicted octanol–water partition coefficient (Wildman–Crippen LogP) is 2.96. The van der Waals surface area contributed by atoms with Gasteiger partial charge in [0.05, 0.1) is 18.5 Å². The van der Waals surface area contributed by atoms with Gasteiger partial charge in [0.15, 0.2) is 0 Å². The van der Waals surface area contributed by atoms with E-state index < -0.39 is 10.0 Å². The zero-order valence-corrected chi connectivity index (χ0v) is 11.9. The molecule has 0 bridgehead atoms. The number of hydrogen-bond donors (Lipinski definition) is 0. The molecule has 19 heavy (non-hydrogen) atoms. The van der Waals surface area contributed by atoms with E-state index in [1.165, 1.54) is 10.6 Å². The van der Waals surface area contributed by atoms with Crippen molar-refractivity contribution in [3.8, 4) is 0 Å². The Morgan fingerprint density at radius 1 is 1.00 bits per heavy atom. The highest BCUT2D eigenvalue weighted by molar-refractivity contribution is 7.92. The molecular formula is C15H17NO2S. The quantitative estimate of drug-likeness (QED) is 0.860. The molecule has 0 saturated carbocycles. The molecule has 0 saturated heterocycles. The van der Waals surface area contributed by atoms with Gasteiger partial charge in [-0.25, -0.2) is 8.42 Å². The number of hydrogen-bond acceptors (Lipinski definition) is 2. The molecule has 0 radical (unpaired) electrons. The van der Waals surface area contributed by atoms with Crippen LogP contribution < -0.4 is 4.31 Å². The van der Waals surface area contributed by atoms with Crippen LogP contribution in [0.3, 0.4) is 0 Å². The molecular weight excluding hydrogens is 258 g/mol. The van der Waals surface area contributed by atoms with Gasteiger partial charge < -0.3 is 0 Å². The van der Waals surface area contributed by atoms with E-state index in [2.05, 4.69) is 0 Å². The Labute approximate surface area is 114 Å². The standard InChI is InChI=1S/C15H17NO2S/c1-13-7-6-10-15(11-13)16(19(2,17)18)12-14-8-4-3-5-9-14/h3-11H,12H2,1-2H3. The first-order chi connectivity index (χ1) is 8.97. The van der Waals surface area contributed by atoms with Gasteiger partial charge in [0.1, 0.15) is 0 Å². The normalized spacial score (nSPS) is 11.3. The van der Waals surface area contributed by atoms with Crippen molar-refractivity contribution in [1.29, 1.82) is 0 Å². The molecule has 0 aliphatic carbocycles. The Balaban J connectivity index is 2.38. The van der Waals surface area contributed by atoms with Crippen LogP contribution in [-0.4, -0.2) is 14.7 Å². The second kappa shape index (κ2) is 5.45. The van der Waals surface area contributed by atoms with Crippen LogP contribution in [0.4, 0.5) is 5.69 Å². The molecule has 0 fully saturated rings.